The summed E-state index contributed by atoms with van der Waals surface area (Å²) in [5.41, 5.74) is 6.60. The third kappa shape index (κ3) is 3.04. The van der Waals surface area contributed by atoms with Crippen LogP contribution in [0.25, 0.3) is 0 Å². The number of hydrogen-bond donors (Lipinski definition) is 1. The van der Waals surface area contributed by atoms with Gasteiger partial charge in [0.15, 0.2) is 0 Å². The van der Waals surface area contributed by atoms with Crippen molar-refractivity contribution in [2.75, 3.05) is 7.05 Å². The summed E-state index contributed by atoms with van der Waals surface area (Å²) in [4.78, 5) is 4.46. The number of nitrogens with one attached hydrogen (secondary N) is 1. The van der Waals surface area contributed by atoms with Crippen molar-refractivity contribution < 1.29 is 0 Å². The molecule has 19 heavy (non-hydrogen) atoms. The molecule has 0 saturated heterocycles. The van der Waals surface area contributed by atoms with E-state index in [0.717, 1.165) is 12.1 Å². The zero-order valence-corrected chi connectivity index (χ0v) is 12.5. The predicted molar refractivity (Wildman–Crippen MR) is 79.4 cm³/mol. The molecule has 0 aliphatic rings. The van der Waals surface area contributed by atoms with Crippen molar-refractivity contribution >= 4 is 0 Å². The first-order chi connectivity index (χ1) is 9.01. The highest BCUT2D eigenvalue weighted by Crippen LogP contribution is 2.23. The van der Waals surface area contributed by atoms with Crippen molar-refractivity contribution in [3.63, 3.8) is 0 Å². The average Bonchev–Trinajstić information content (AvgIpc) is 2.75. The summed E-state index contributed by atoms with van der Waals surface area (Å²) in [5.74, 6) is 0. The van der Waals surface area contributed by atoms with Crippen LogP contribution in [0.15, 0.2) is 24.7 Å². The molecule has 2 rings (SSSR count). The van der Waals surface area contributed by atoms with E-state index in [4.69, 9.17) is 0 Å². The Hall–Kier alpha value is -1.61. The van der Waals surface area contributed by atoms with Crippen LogP contribution in [-0.2, 0) is 13.5 Å². The highest BCUT2D eigenvalue weighted by molar-refractivity contribution is 5.38. The maximum absolute atomic E-state index is 4.46. The first-order valence-corrected chi connectivity index (χ1v) is 6.73. The lowest BCUT2D eigenvalue weighted by Crippen LogP contribution is -2.20. The van der Waals surface area contributed by atoms with Gasteiger partial charge in [0.2, 0.25) is 0 Å². The molecule has 0 radical (unpaired) electrons. The smallest absolute Gasteiger partial charge is 0.0947 e. The molecule has 3 nitrogen and oxygen atoms in total. The van der Waals surface area contributed by atoms with Crippen LogP contribution in [0.3, 0.4) is 0 Å². The van der Waals surface area contributed by atoms with Crippen LogP contribution >= 0.6 is 0 Å². The van der Waals surface area contributed by atoms with Gasteiger partial charge < -0.3 is 9.88 Å². The molecule has 102 valence electrons. The number of hydrogen-bond acceptors (Lipinski definition) is 2. The van der Waals surface area contributed by atoms with E-state index in [1.807, 2.05) is 25.0 Å². The fourth-order valence-corrected chi connectivity index (χ4v) is 2.70. The summed E-state index contributed by atoms with van der Waals surface area (Å²) < 4.78 is 1.99. The molecule has 1 aromatic carbocycles. The number of aromatic nitrogens is 2. The Morgan fingerprint density at radius 1 is 1.21 bits per heavy atom. The summed E-state index contributed by atoms with van der Waals surface area (Å²) in [5, 5.41) is 3.37. The number of imidazole rings is 1. The molecule has 0 saturated carbocycles. The molecule has 0 fully saturated rings. The second kappa shape index (κ2) is 5.57. The minimum Gasteiger partial charge on any atom is -0.340 e. The molecular formula is C16H23N3. The molecule has 3 heteroatoms. The monoisotopic (exact) mass is 257 g/mol. The normalized spacial score (nSPS) is 12.7. The van der Waals surface area contributed by atoms with E-state index in [1.54, 1.807) is 0 Å². The number of benzene rings is 1. The van der Waals surface area contributed by atoms with Crippen LogP contribution in [0.1, 0.15) is 34.0 Å². The highest BCUT2D eigenvalue weighted by atomic mass is 15.0. The van der Waals surface area contributed by atoms with Gasteiger partial charge in [0.25, 0.3) is 0 Å². The van der Waals surface area contributed by atoms with E-state index >= 15 is 0 Å². The third-order valence-corrected chi connectivity index (χ3v) is 3.68. The number of nitrogens with zero attached hydrogens (tertiary/aromatic N) is 2. The van der Waals surface area contributed by atoms with Crippen molar-refractivity contribution in [2.24, 2.45) is 7.05 Å². The largest absolute Gasteiger partial charge is 0.340 e. The lowest BCUT2D eigenvalue weighted by Gasteiger charge is -2.18. The van der Waals surface area contributed by atoms with E-state index in [-0.39, 0.29) is 6.04 Å². The quantitative estimate of drug-likeness (QED) is 0.912. The fraction of sp³-hybridized carbons (Fsp3) is 0.438. The summed E-state index contributed by atoms with van der Waals surface area (Å²) >= 11 is 0. The summed E-state index contributed by atoms with van der Waals surface area (Å²) in [6.07, 6.45) is 4.92. The van der Waals surface area contributed by atoms with Gasteiger partial charge in [-0.05, 0) is 50.9 Å². The first kappa shape index (κ1) is 13.8. The van der Waals surface area contributed by atoms with E-state index in [9.17, 15) is 0 Å². The van der Waals surface area contributed by atoms with Gasteiger partial charge in [0.1, 0.15) is 0 Å². The topological polar surface area (TPSA) is 29.9 Å². The molecule has 0 aliphatic carbocycles. The van der Waals surface area contributed by atoms with Crippen LogP contribution in [0.5, 0.6) is 0 Å². The van der Waals surface area contributed by atoms with Gasteiger partial charge in [-0.1, -0.05) is 17.7 Å². The molecule has 1 atom stereocenters. The zero-order valence-electron chi connectivity index (χ0n) is 12.5. The van der Waals surface area contributed by atoms with Crippen LogP contribution < -0.4 is 5.32 Å². The Balaban J connectivity index is 2.28. The van der Waals surface area contributed by atoms with Crippen LogP contribution in [0.4, 0.5) is 0 Å². The van der Waals surface area contributed by atoms with Crippen LogP contribution in [0, 0.1) is 20.8 Å². The second-order valence-electron chi connectivity index (χ2n) is 5.39. The van der Waals surface area contributed by atoms with Gasteiger partial charge in [0, 0.05) is 13.2 Å². The van der Waals surface area contributed by atoms with Gasteiger partial charge in [-0.3, -0.25) is 0 Å². The van der Waals surface area contributed by atoms with Crippen molar-refractivity contribution in [1.29, 1.82) is 0 Å². The van der Waals surface area contributed by atoms with E-state index in [0.29, 0.717) is 0 Å². The van der Waals surface area contributed by atoms with Crippen molar-refractivity contribution in [1.82, 2.24) is 14.9 Å². The number of likely N-dealkylation sites (N-methyl/N-ethyl adjacent to an activating group) is 1. The molecule has 1 N–H and O–H groups in total. The molecule has 1 aromatic heterocycles. The molecule has 2 aromatic rings. The minimum absolute atomic E-state index is 0.265. The molecule has 1 unspecified atom stereocenters. The van der Waals surface area contributed by atoms with Crippen molar-refractivity contribution in [3.05, 3.63) is 52.6 Å². The highest BCUT2D eigenvalue weighted by Gasteiger charge is 2.15. The van der Waals surface area contributed by atoms with Gasteiger partial charge in [0.05, 0.1) is 18.1 Å². The van der Waals surface area contributed by atoms with Gasteiger partial charge >= 0.3 is 0 Å². The molecule has 0 amide bonds. The SMILES string of the molecule is CNC(Cc1c(C)cc(C)cc1C)c1cn(C)cn1. The van der Waals surface area contributed by atoms with Gasteiger partial charge in [-0.2, -0.15) is 0 Å². The van der Waals surface area contributed by atoms with Gasteiger partial charge in [-0.15, -0.1) is 0 Å². The van der Waals surface area contributed by atoms with E-state index in [2.05, 4.69) is 49.4 Å². The van der Waals surface area contributed by atoms with E-state index < -0.39 is 0 Å². The molecule has 0 spiro atoms. The molecule has 0 bridgehead atoms. The summed E-state index contributed by atoms with van der Waals surface area (Å²) in [6.45, 7) is 6.54. The van der Waals surface area contributed by atoms with E-state index in [1.165, 1.54) is 22.3 Å². The maximum atomic E-state index is 4.46. The van der Waals surface area contributed by atoms with Crippen LogP contribution in [-0.4, -0.2) is 16.6 Å². The fourth-order valence-electron chi connectivity index (χ4n) is 2.70. The van der Waals surface area contributed by atoms with Crippen LogP contribution in [0.2, 0.25) is 0 Å². The number of aryl methyl sites for hydroxylation is 4. The van der Waals surface area contributed by atoms with Crippen molar-refractivity contribution in [2.45, 2.75) is 33.2 Å². The van der Waals surface area contributed by atoms with Crippen molar-refractivity contribution in [3.8, 4) is 0 Å². The zero-order chi connectivity index (χ0) is 14.0. The number of rotatable bonds is 4. The Morgan fingerprint density at radius 3 is 2.32 bits per heavy atom. The Morgan fingerprint density at radius 2 is 1.84 bits per heavy atom. The maximum Gasteiger partial charge on any atom is 0.0947 e. The molecule has 1 heterocycles. The molecular weight excluding hydrogens is 234 g/mol. The second-order valence-corrected chi connectivity index (χ2v) is 5.39. The minimum atomic E-state index is 0.265. The lowest BCUT2D eigenvalue weighted by atomic mass is 9.93. The first-order valence-electron chi connectivity index (χ1n) is 6.73. The summed E-state index contributed by atoms with van der Waals surface area (Å²) in [6, 6.07) is 4.78. The third-order valence-electron chi connectivity index (χ3n) is 3.68. The Labute approximate surface area is 115 Å². The molecule has 0 aliphatic heterocycles. The Bertz CT molecular complexity index is 546. The van der Waals surface area contributed by atoms with Gasteiger partial charge in [-0.25, -0.2) is 4.98 Å². The standard InChI is InChI=1S/C16H23N3/c1-11-6-12(2)14(13(3)7-11)8-15(17-4)16-9-19(5)10-18-16/h6-7,9-10,15,17H,8H2,1-5H3. The lowest BCUT2D eigenvalue weighted by molar-refractivity contribution is 0.575. The summed E-state index contributed by atoms with van der Waals surface area (Å²) in [7, 11) is 4.00. The predicted octanol–water partition coefficient (Wildman–Crippen LogP) is 2.85. The average molecular weight is 257 g/mol. The Kier molecular flexibility index (Phi) is 4.05.